The molecule has 80 valence electrons. The molecular weight excluding hydrogens is 170 g/mol. The Labute approximate surface area is 87.7 Å². The fourth-order valence-corrected chi connectivity index (χ4v) is 5.01. The highest BCUT2D eigenvalue weighted by molar-refractivity contribution is 5.04. The van der Waals surface area contributed by atoms with E-state index in [9.17, 15) is 0 Å². The first-order chi connectivity index (χ1) is 6.72. The summed E-state index contributed by atoms with van der Waals surface area (Å²) in [5.41, 5.74) is 0.698. The zero-order chi connectivity index (χ0) is 9.76. The molecule has 0 saturated heterocycles. The average molecular weight is 193 g/mol. The van der Waals surface area contributed by atoms with Crippen LogP contribution in [-0.2, 0) is 0 Å². The predicted molar refractivity (Wildman–Crippen MR) is 59.1 cm³/mol. The van der Waals surface area contributed by atoms with Gasteiger partial charge in [-0.05, 0) is 75.7 Å². The molecule has 0 heterocycles. The zero-order valence-electron chi connectivity index (χ0n) is 9.55. The topological polar surface area (TPSA) is 12.0 Å². The molecular formula is C13H23N. The second kappa shape index (κ2) is 2.98. The van der Waals surface area contributed by atoms with Crippen molar-refractivity contribution in [3.63, 3.8) is 0 Å². The molecule has 1 heteroatoms. The van der Waals surface area contributed by atoms with Crippen LogP contribution < -0.4 is 5.32 Å². The van der Waals surface area contributed by atoms with Crippen molar-refractivity contribution >= 4 is 0 Å². The van der Waals surface area contributed by atoms with Crippen LogP contribution in [0.25, 0.3) is 0 Å². The molecule has 0 aromatic carbocycles. The van der Waals surface area contributed by atoms with Gasteiger partial charge in [0, 0.05) is 6.04 Å². The average Bonchev–Trinajstić information content (AvgIpc) is 2.14. The lowest BCUT2D eigenvalue weighted by Gasteiger charge is -2.59. The van der Waals surface area contributed by atoms with Crippen LogP contribution in [0.15, 0.2) is 0 Å². The molecule has 0 aromatic heterocycles. The number of hydrogen-bond donors (Lipinski definition) is 1. The summed E-state index contributed by atoms with van der Waals surface area (Å²) in [5.74, 6) is 3.28. The van der Waals surface area contributed by atoms with Crippen molar-refractivity contribution < 1.29 is 0 Å². The Balaban J connectivity index is 1.87. The molecule has 0 amide bonds. The van der Waals surface area contributed by atoms with Crippen molar-refractivity contribution in [1.29, 1.82) is 0 Å². The van der Waals surface area contributed by atoms with Crippen LogP contribution in [0.4, 0.5) is 0 Å². The van der Waals surface area contributed by atoms with Gasteiger partial charge in [-0.3, -0.25) is 0 Å². The van der Waals surface area contributed by atoms with Crippen molar-refractivity contribution in [3.05, 3.63) is 0 Å². The lowest BCUT2D eigenvalue weighted by atomic mass is 9.48. The smallest absolute Gasteiger partial charge is 0.00924 e. The van der Waals surface area contributed by atoms with Crippen LogP contribution in [-0.4, -0.2) is 13.1 Å². The van der Waals surface area contributed by atoms with Crippen LogP contribution in [0, 0.1) is 23.2 Å². The molecule has 1 N–H and O–H groups in total. The van der Waals surface area contributed by atoms with Gasteiger partial charge in [0.2, 0.25) is 0 Å². The molecule has 14 heavy (non-hydrogen) atoms. The fourth-order valence-electron chi connectivity index (χ4n) is 5.01. The molecule has 1 atom stereocenters. The minimum Gasteiger partial charge on any atom is -0.317 e. The third-order valence-corrected chi connectivity index (χ3v) is 5.44. The monoisotopic (exact) mass is 193 g/mol. The van der Waals surface area contributed by atoms with E-state index in [0.717, 1.165) is 23.8 Å². The van der Waals surface area contributed by atoms with Crippen LogP contribution in [0.3, 0.4) is 0 Å². The van der Waals surface area contributed by atoms with Crippen LogP contribution >= 0.6 is 0 Å². The summed E-state index contributed by atoms with van der Waals surface area (Å²) in [6.07, 6.45) is 9.28. The van der Waals surface area contributed by atoms with Gasteiger partial charge in [-0.25, -0.2) is 0 Å². The second-order valence-electron chi connectivity index (χ2n) is 6.29. The minimum atomic E-state index is 0.698. The van der Waals surface area contributed by atoms with E-state index in [1.165, 1.54) is 19.3 Å². The molecule has 0 radical (unpaired) electrons. The van der Waals surface area contributed by atoms with Crippen molar-refractivity contribution in [2.75, 3.05) is 7.05 Å². The first-order valence-electron chi connectivity index (χ1n) is 6.39. The maximum absolute atomic E-state index is 3.52. The van der Waals surface area contributed by atoms with Gasteiger partial charge in [-0.15, -0.1) is 0 Å². The summed E-state index contributed by atoms with van der Waals surface area (Å²) in [7, 11) is 2.14. The van der Waals surface area contributed by atoms with Crippen LogP contribution in [0.2, 0.25) is 0 Å². The summed E-state index contributed by atoms with van der Waals surface area (Å²) in [4.78, 5) is 0. The first-order valence-corrected chi connectivity index (χ1v) is 6.39. The molecule has 0 spiro atoms. The van der Waals surface area contributed by atoms with E-state index in [0.29, 0.717) is 5.41 Å². The highest BCUT2D eigenvalue weighted by Gasteiger charge is 2.52. The Kier molecular flexibility index (Phi) is 1.96. The summed E-state index contributed by atoms with van der Waals surface area (Å²) in [5, 5.41) is 3.52. The highest BCUT2D eigenvalue weighted by atomic mass is 14.9. The number of hydrogen-bond acceptors (Lipinski definition) is 1. The van der Waals surface area contributed by atoms with E-state index in [4.69, 9.17) is 0 Å². The van der Waals surface area contributed by atoms with Crippen molar-refractivity contribution in [3.8, 4) is 0 Å². The third-order valence-electron chi connectivity index (χ3n) is 5.44. The predicted octanol–water partition coefficient (Wildman–Crippen LogP) is 2.81. The van der Waals surface area contributed by atoms with Gasteiger partial charge in [-0.1, -0.05) is 0 Å². The Morgan fingerprint density at radius 2 is 1.43 bits per heavy atom. The van der Waals surface area contributed by atoms with E-state index in [1.54, 1.807) is 19.3 Å². The zero-order valence-corrected chi connectivity index (χ0v) is 9.55. The van der Waals surface area contributed by atoms with Gasteiger partial charge >= 0.3 is 0 Å². The van der Waals surface area contributed by atoms with E-state index in [2.05, 4.69) is 19.3 Å². The third kappa shape index (κ3) is 1.18. The number of nitrogens with one attached hydrogen (secondary N) is 1. The summed E-state index contributed by atoms with van der Waals surface area (Å²) >= 11 is 0. The standard InChI is InChI=1S/C13H23N/c1-9(14-2)13-6-10-3-11(7-13)5-12(4-10)8-13/h9-12,14H,3-8H2,1-2H3/t9-,10?,11?,12?,13?/m1/s1. The molecule has 4 saturated carbocycles. The summed E-state index contributed by atoms with van der Waals surface area (Å²) in [6.45, 7) is 2.41. The molecule has 4 rings (SSSR count). The van der Waals surface area contributed by atoms with Crippen molar-refractivity contribution in [2.24, 2.45) is 23.2 Å². The van der Waals surface area contributed by atoms with E-state index in [-0.39, 0.29) is 0 Å². The van der Waals surface area contributed by atoms with Gasteiger partial charge < -0.3 is 5.32 Å². The molecule has 4 bridgehead atoms. The maximum atomic E-state index is 3.52. The molecule has 0 aromatic rings. The van der Waals surface area contributed by atoms with Crippen molar-refractivity contribution in [1.82, 2.24) is 5.32 Å². The quantitative estimate of drug-likeness (QED) is 0.711. The molecule has 4 aliphatic carbocycles. The first kappa shape index (κ1) is 9.21. The van der Waals surface area contributed by atoms with Gasteiger partial charge in [0.1, 0.15) is 0 Å². The van der Waals surface area contributed by atoms with Gasteiger partial charge in [0.05, 0.1) is 0 Å². The summed E-state index contributed by atoms with van der Waals surface area (Å²) in [6, 6.07) is 0.746. The Morgan fingerprint density at radius 1 is 1.00 bits per heavy atom. The molecule has 4 fully saturated rings. The van der Waals surface area contributed by atoms with E-state index >= 15 is 0 Å². The van der Waals surface area contributed by atoms with Crippen LogP contribution in [0.1, 0.15) is 45.4 Å². The summed E-state index contributed by atoms with van der Waals surface area (Å²) < 4.78 is 0. The molecule has 1 nitrogen and oxygen atoms in total. The Hall–Kier alpha value is -0.0400. The molecule has 0 unspecified atom stereocenters. The van der Waals surface area contributed by atoms with E-state index < -0.39 is 0 Å². The second-order valence-corrected chi connectivity index (χ2v) is 6.29. The largest absolute Gasteiger partial charge is 0.317 e. The minimum absolute atomic E-state index is 0.698. The fraction of sp³-hybridized carbons (Fsp3) is 1.00. The number of rotatable bonds is 2. The van der Waals surface area contributed by atoms with Gasteiger partial charge in [0.25, 0.3) is 0 Å². The van der Waals surface area contributed by atoms with E-state index in [1.807, 2.05) is 0 Å². The van der Waals surface area contributed by atoms with Crippen LogP contribution in [0.5, 0.6) is 0 Å². The van der Waals surface area contributed by atoms with Crippen molar-refractivity contribution in [2.45, 2.75) is 51.5 Å². The Bertz CT molecular complexity index is 198. The Morgan fingerprint density at radius 3 is 1.79 bits per heavy atom. The SMILES string of the molecule is CN[C@H](C)C12CC3CC(CC(C3)C1)C2. The lowest BCUT2D eigenvalue weighted by molar-refractivity contribution is -0.0691. The van der Waals surface area contributed by atoms with Gasteiger partial charge in [-0.2, -0.15) is 0 Å². The van der Waals surface area contributed by atoms with Gasteiger partial charge in [0.15, 0.2) is 0 Å². The molecule has 0 aliphatic heterocycles. The maximum Gasteiger partial charge on any atom is 0.00924 e. The molecule has 4 aliphatic rings. The highest BCUT2D eigenvalue weighted by Crippen LogP contribution is 2.61. The lowest BCUT2D eigenvalue weighted by Crippen LogP contribution is -2.54. The normalized spacial score (nSPS) is 52.3.